The molecule has 2 aromatic carbocycles. The van der Waals surface area contributed by atoms with Crippen molar-refractivity contribution in [2.75, 3.05) is 50.9 Å². The number of aliphatic imine (C=N–C) groups is 1. The van der Waals surface area contributed by atoms with E-state index in [1.165, 1.54) is 11.3 Å². The maximum Gasteiger partial charge on any atom is 0.191 e. The van der Waals surface area contributed by atoms with Gasteiger partial charge in [0.15, 0.2) is 5.96 Å². The second-order valence-electron chi connectivity index (χ2n) is 7.09. The number of aliphatic hydroxyl groups excluding tert-OH is 1. The van der Waals surface area contributed by atoms with Gasteiger partial charge in [0.25, 0.3) is 0 Å². The Morgan fingerprint density at radius 2 is 1.79 bits per heavy atom. The van der Waals surface area contributed by atoms with Crippen molar-refractivity contribution in [2.24, 2.45) is 4.99 Å². The smallest absolute Gasteiger partial charge is 0.191 e. The first-order chi connectivity index (χ1) is 14.3. The highest BCUT2D eigenvalue weighted by Gasteiger charge is 2.15. The summed E-state index contributed by atoms with van der Waals surface area (Å²) in [5, 5.41) is 16.5. The Bertz CT molecular complexity index is 760. The molecular formula is C23H32N4O2. The quantitative estimate of drug-likeness (QED) is 0.472. The number of benzene rings is 2. The average Bonchev–Trinajstić information content (AvgIpc) is 2.79. The zero-order valence-electron chi connectivity index (χ0n) is 17.2. The van der Waals surface area contributed by atoms with E-state index in [-0.39, 0.29) is 12.5 Å². The van der Waals surface area contributed by atoms with Crippen LogP contribution in [0.4, 0.5) is 5.69 Å². The molecule has 3 N–H and O–H groups in total. The topological polar surface area (TPSA) is 69.1 Å². The molecule has 6 nitrogen and oxygen atoms in total. The monoisotopic (exact) mass is 396 g/mol. The number of guanidine groups is 1. The Morgan fingerprint density at radius 1 is 1.07 bits per heavy atom. The minimum atomic E-state index is 0.0284. The predicted octanol–water partition coefficient (Wildman–Crippen LogP) is 2.35. The van der Waals surface area contributed by atoms with Crippen molar-refractivity contribution < 1.29 is 9.84 Å². The minimum absolute atomic E-state index is 0.0284. The van der Waals surface area contributed by atoms with Crippen LogP contribution in [0.25, 0.3) is 0 Å². The summed E-state index contributed by atoms with van der Waals surface area (Å²) in [4.78, 5) is 7.16. The van der Waals surface area contributed by atoms with Gasteiger partial charge in [0.2, 0.25) is 0 Å². The van der Waals surface area contributed by atoms with Crippen LogP contribution in [0.2, 0.25) is 0 Å². The number of ether oxygens (including phenoxy) is 1. The van der Waals surface area contributed by atoms with Crippen molar-refractivity contribution in [3.05, 3.63) is 65.7 Å². The lowest BCUT2D eigenvalue weighted by Crippen LogP contribution is -2.40. The van der Waals surface area contributed by atoms with E-state index >= 15 is 0 Å². The first-order valence-electron chi connectivity index (χ1n) is 10.4. The molecule has 3 rings (SSSR count). The molecule has 1 saturated heterocycles. The third kappa shape index (κ3) is 6.21. The number of rotatable bonds is 8. The first-order valence-corrected chi connectivity index (χ1v) is 10.4. The minimum Gasteiger partial charge on any atom is -0.396 e. The fourth-order valence-electron chi connectivity index (χ4n) is 3.50. The first kappa shape index (κ1) is 21.1. The van der Waals surface area contributed by atoms with Gasteiger partial charge in [-0.1, -0.05) is 48.5 Å². The van der Waals surface area contributed by atoms with Crippen LogP contribution in [0.5, 0.6) is 0 Å². The summed E-state index contributed by atoms with van der Waals surface area (Å²) < 4.78 is 5.48. The van der Waals surface area contributed by atoms with E-state index < -0.39 is 0 Å². The van der Waals surface area contributed by atoms with E-state index in [9.17, 15) is 5.11 Å². The molecule has 0 spiro atoms. The second-order valence-corrected chi connectivity index (χ2v) is 7.09. The van der Waals surface area contributed by atoms with Crippen LogP contribution in [-0.4, -0.2) is 57.1 Å². The normalized spacial score (nSPS) is 15.8. The predicted molar refractivity (Wildman–Crippen MR) is 119 cm³/mol. The van der Waals surface area contributed by atoms with E-state index in [1.807, 2.05) is 30.3 Å². The molecule has 29 heavy (non-hydrogen) atoms. The fourth-order valence-corrected chi connectivity index (χ4v) is 3.50. The van der Waals surface area contributed by atoms with Gasteiger partial charge in [-0.2, -0.15) is 0 Å². The van der Waals surface area contributed by atoms with Crippen molar-refractivity contribution in [1.29, 1.82) is 0 Å². The van der Waals surface area contributed by atoms with E-state index in [0.29, 0.717) is 13.1 Å². The Labute approximate surface area is 173 Å². The highest BCUT2D eigenvalue weighted by Crippen LogP contribution is 2.22. The summed E-state index contributed by atoms with van der Waals surface area (Å²) in [7, 11) is 0. The molecule has 1 unspecified atom stereocenters. The van der Waals surface area contributed by atoms with Gasteiger partial charge in [-0.15, -0.1) is 0 Å². The van der Waals surface area contributed by atoms with Crippen LogP contribution in [-0.2, 0) is 11.3 Å². The van der Waals surface area contributed by atoms with Gasteiger partial charge in [0.1, 0.15) is 0 Å². The van der Waals surface area contributed by atoms with Crippen molar-refractivity contribution in [2.45, 2.75) is 19.4 Å². The maximum absolute atomic E-state index is 9.79. The van der Waals surface area contributed by atoms with Crippen molar-refractivity contribution in [3.63, 3.8) is 0 Å². The van der Waals surface area contributed by atoms with Gasteiger partial charge in [-0.3, -0.25) is 0 Å². The van der Waals surface area contributed by atoms with Gasteiger partial charge in [-0.05, 0) is 24.1 Å². The maximum atomic E-state index is 9.79. The summed E-state index contributed by atoms with van der Waals surface area (Å²) >= 11 is 0. The number of morpholine rings is 1. The molecule has 156 valence electrons. The summed E-state index contributed by atoms with van der Waals surface area (Å²) in [6.45, 7) is 7.51. The number of nitrogens with one attached hydrogen (secondary N) is 2. The number of anilines is 1. The van der Waals surface area contributed by atoms with Crippen molar-refractivity contribution in [1.82, 2.24) is 10.6 Å². The molecule has 6 heteroatoms. The number of aliphatic hydroxyl groups is 1. The summed E-state index contributed by atoms with van der Waals surface area (Å²) in [6, 6.07) is 18.5. The lowest BCUT2D eigenvalue weighted by atomic mass is 10.0. The van der Waals surface area contributed by atoms with Crippen molar-refractivity contribution in [3.8, 4) is 0 Å². The molecule has 2 aromatic rings. The Morgan fingerprint density at radius 3 is 2.52 bits per heavy atom. The van der Waals surface area contributed by atoms with Crippen molar-refractivity contribution >= 4 is 11.6 Å². The Kier molecular flexibility index (Phi) is 8.34. The van der Waals surface area contributed by atoms with E-state index in [1.54, 1.807) is 0 Å². The summed E-state index contributed by atoms with van der Waals surface area (Å²) in [5.74, 6) is 0.791. The number of hydrogen-bond donors (Lipinski definition) is 3. The Hall–Kier alpha value is -2.57. The molecule has 1 fully saturated rings. The number of hydrogen-bond acceptors (Lipinski definition) is 4. The van der Waals surface area contributed by atoms with Crippen LogP contribution in [0.3, 0.4) is 0 Å². The van der Waals surface area contributed by atoms with E-state index in [4.69, 9.17) is 9.73 Å². The van der Waals surface area contributed by atoms with Gasteiger partial charge >= 0.3 is 0 Å². The van der Waals surface area contributed by atoms with Gasteiger partial charge < -0.3 is 25.4 Å². The molecular weight excluding hydrogens is 364 g/mol. The van der Waals surface area contributed by atoms with Crippen LogP contribution in [0.1, 0.15) is 24.0 Å². The van der Waals surface area contributed by atoms with E-state index in [0.717, 1.165) is 44.4 Å². The summed E-state index contributed by atoms with van der Waals surface area (Å²) in [6.07, 6.45) is 0. The fraction of sp³-hybridized carbons (Fsp3) is 0.435. The van der Waals surface area contributed by atoms with Gasteiger partial charge in [0.05, 0.1) is 26.4 Å². The number of para-hydroxylation sites is 1. The SMILES string of the molecule is CCNC(=NCc1ccccc1N1CCOCC1)NCC(CO)c1ccccc1. The third-order valence-electron chi connectivity index (χ3n) is 5.10. The average molecular weight is 397 g/mol. The van der Waals surface area contributed by atoms with Crippen LogP contribution >= 0.6 is 0 Å². The standard InChI is InChI=1S/C23H32N4O2/c1-2-24-23(26-17-21(18-28)19-8-4-3-5-9-19)25-16-20-10-6-7-11-22(20)27-12-14-29-15-13-27/h3-11,21,28H,2,12-18H2,1H3,(H2,24,25,26). The third-order valence-corrected chi connectivity index (χ3v) is 5.10. The molecule has 1 atom stereocenters. The van der Waals surface area contributed by atoms with Gasteiger partial charge in [-0.25, -0.2) is 4.99 Å². The zero-order chi connectivity index (χ0) is 20.3. The largest absolute Gasteiger partial charge is 0.396 e. The molecule has 1 aliphatic heterocycles. The Balaban J connectivity index is 1.66. The second kappa shape index (κ2) is 11.4. The van der Waals surface area contributed by atoms with Gasteiger partial charge in [0, 0.05) is 37.8 Å². The highest BCUT2D eigenvalue weighted by molar-refractivity contribution is 5.80. The van der Waals surface area contributed by atoms with E-state index in [2.05, 4.69) is 46.7 Å². The molecule has 0 radical (unpaired) electrons. The van der Waals surface area contributed by atoms with Crippen LogP contribution in [0, 0.1) is 0 Å². The molecule has 1 aliphatic rings. The van der Waals surface area contributed by atoms with Crippen LogP contribution < -0.4 is 15.5 Å². The zero-order valence-corrected chi connectivity index (χ0v) is 17.2. The highest BCUT2D eigenvalue weighted by atomic mass is 16.5. The lowest BCUT2D eigenvalue weighted by Gasteiger charge is -2.30. The molecule has 0 saturated carbocycles. The molecule has 0 amide bonds. The summed E-state index contributed by atoms with van der Waals surface area (Å²) in [5.41, 5.74) is 3.55. The van der Waals surface area contributed by atoms with Crippen LogP contribution in [0.15, 0.2) is 59.6 Å². The molecule has 0 aliphatic carbocycles. The molecule has 0 aromatic heterocycles. The lowest BCUT2D eigenvalue weighted by molar-refractivity contribution is 0.122. The molecule has 1 heterocycles. The molecule has 0 bridgehead atoms. The number of nitrogens with zero attached hydrogens (tertiary/aromatic N) is 2.